The SMILES string of the molecule is CC[C@@H](O)[C@@H](N)c1ccc(Br)cc1O.Cl. The summed E-state index contributed by atoms with van der Waals surface area (Å²) in [7, 11) is 0. The van der Waals surface area contributed by atoms with Crippen molar-refractivity contribution in [2.24, 2.45) is 5.73 Å². The van der Waals surface area contributed by atoms with E-state index in [1.165, 1.54) is 0 Å². The summed E-state index contributed by atoms with van der Waals surface area (Å²) >= 11 is 3.24. The van der Waals surface area contributed by atoms with E-state index in [2.05, 4.69) is 15.9 Å². The quantitative estimate of drug-likeness (QED) is 0.802. The molecule has 0 saturated heterocycles. The highest BCUT2D eigenvalue weighted by atomic mass is 79.9. The van der Waals surface area contributed by atoms with E-state index in [1.54, 1.807) is 18.2 Å². The second-order valence-electron chi connectivity index (χ2n) is 3.20. The lowest BCUT2D eigenvalue weighted by atomic mass is 10.00. The van der Waals surface area contributed by atoms with E-state index in [1.807, 2.05) is 6.92 Å². The monoisotopic (exact) mass is 295 g/mol. The van der Waals surface area contributed by atoms with Crippen molar-refractivity contribution >= 4 is 28.3 Å². The van der Waals surface area contributed by atoms with Gasteiger partial charge in [-0.1, -0.05) is 28.9 Å². The lowest BCUT2D eigenvalue weighted by Crippen LogP contribution is -2.25. The number of aromatic hydroxyl groups is 1. The number of phenolic OH excluding ortho intramolecular Hbond substituents is 1. The maximum atomic E-state index is 9.59. The average Bonchev–Trinajstić information content (AvgIpc) is 2.15. The largest absolute Gasteiger partial charge is 0.508 e. The molecule has 0 aliphatic rings. The summed E-state index contributed by atoms with van der Waals surface area (Å²) in [6.45, 7) is 1.85. The highest BCUT2D eigenvalue weighted by Gasteiger charge is 2.17. The van der Waals surface area contributed by atoms with Gasteiger partial charge in [0.1, 0.15) is 5.75 Å². The zero-order valence-electron chi connectivity index (χ0n) is 8.35. The molecule has 0 spiro atoms. The van der Waals surface area contributed by atoms with Crippen LogP contribution >= 0.6 is 28.3 Å². The predicted molar refractivity (Wildman–Crippen MR) is 66.3 cm³/mol. The van der Waals surface area contributed by atoms with Crippen LogP contribution in [0.4, 0.5) is 0 Å². The standard InChI is InChI=1S/C10H14BrNO2.ClH/c1-2-8(13)10(12)7-4-3-6(11)5-9(7)14;/h3-5,8,10,13-14H,2,12H2,1H3;1H/t8-,10+;/m1./s1. The van der Waals surface area contributed by atoms with Crippen LogP contribution in [0.25, 0.3) is 0 Å². The molecule has 5 heteroatoms. The first-order chi connectivity index (χ1) is 6.56. The summed E-state index contributed by atoms with van der Waals surface area (Å²) in [5, 5.41) is 19.1. The third-order valence-electron chi connectivity index (χ3n) is 2.18. The molecule has 1 rings (SSSR count). The van der Waals surface area contributed by atoms with Crippen LogP contribution in [0.5, 0.6) is 5.75 Å². The molecule has 1 aromatic carbocycles. The molecule has 0 aliphatic heterocycles. The van der Waals surface area contributed by atoms with E-state index < -0.39 is 12.1 Å². The molecule has 0 radical (unpaired) electrons. The Hall–Kier alpha value is -0.290. The predicted octanol–water partition coefficient (Wildman–Crippen LogP) is 2.35. The van der Waals surface area contributed by atoms with E-state index in [-0.39, 0.29) is 18.2 Å². The highest BCUT2D eigenvalue weighted by Crippen LogP contribution is 2.28. The number of hydrogen-bond acceptors (Lipinski definition) is 3. The molecule has 2 atom stereocenters. The van der Waals surface area contributed by atoms with Crippen LogP contribution in [0.1, 0.15) is 24.9 Å². The van der Waals surface area contributed by atoms with Crippen molar-refractivity contribution in [3.63, 3.8) is 0 Å². The van der Waals surface area contributed by atoms with Gasteiger partial charge in [-0.3, -0.25) is 0 Å². The van der Waals surface area contributed by atoms with Crippen molar-refractivity contribution in [2.75, 3.05) is 0 Å². The summed E-state index contributed by atoms with van der Waals surface area (Å²) in [5.41, 5.74) is 6.35. The van der Waals surface area contributed by atoms with Crippen molar-refractivity contribution in [3.05, 3.63) is 28.2 Å². The summed E-state index contributed by atoms with van der Waals surface area (Å²) in [6, 6.07) is 4.53. The summed E-state index contributed by atoms with van der Waals surface area (Å²) in [5.74, 6) is 0.111. The zero-order chi connectivity index (χ0) is 10.7. The minimum atomic E-state index is -0.623. The van der Waals surface area contributed by atoms with E-state index in [4.69, 9.17) is 5.73 Å². The molecule has 0 fully saturated rings. The first kappa shape index (κ1) is 14.7. The Morgan fingerprint density at radius 2 is 2.07 bits per heavy atom. The Labute approximate surface area is 104 Å². The maximum absolute atomic E-state index is 9.59. The van der Waals surface area contributed by atoms with Crippen molar-refractivity contribution in [1.82, 2.24) is 0 Å². The molecule has 0 saturated carbocycles. The van der Waals surface area contributed by atoms with Gasteiger partial charge in [-0.05, 0) is 18.6 Å². The molecule has 0 heterocycles. The van der Waals surface area contributed by atoms with E-state index >= 15 is 0 Å². The second kappa shape index (κ2) is 6.33. The van der Waals surface area contributed by atoms with E-state index in [0.717, 1.165) is 4.47 Å². The normalized spacial score (nSPS) is 14.1. The second-order valence-corrected chi connectivity index (χ2v) is 4.12. The Morgan fingerprint density at radius 3 is 2.53 bits per heavy atom. The lowest BCUT2D eigenvalue weighted by Gasteiger charge is -2.18. The molecule has 0 bridgehead atoms. The third-order valence-corrected chi connectivity index (χ3v) is 2.68. The molecule has 3 nitrogen and oxygen atoms in total. The topological polar surface area (TPSA) is 66.5 Å². The van der Waals surface area contributed by atoms with Crippen LogP contribution in [0, 0.1) is 0 Å². The van der Waals surface area contributed by atoms with Crippen molar-refractivity contribution < 1.29 is 10.2 Å². The number of aliphatic hydroxyl groups excluding tert-OH is 1. The third kappa shape index (κ3) is 3.65. The summed E-state index contributed by atoms with van der Waals surface area (Å²) < 4.78 is 0.789. The molecule has 0 aromatic heterocycles. The first-order valence-corrected chi connectivity index (χ1v) is 5.27. The number of hydrogen-bond donors (Lipinski definition) is 3. The molecule has 1 aromatic rings. The minimum absolute atomic E-state index is 0. The van der Waals surface area contributed by atoms with Crippen molar-refractivity contribution in [3.8, 4) is 5.75 Å². The molecule has 0 aliphatic carbocycles. The molecule has 15 heavy (non-hydrogen) atoms. The molecular formula is C10H15BrClNO2. The first-order valence-electron chi connectivity index (χ1n) is 4.48. The Balaban J connectivity index is 0.00000196. The van der Waals surface area contributed by atoms with Gasteiger partial charge in [0.05, 0.1) is 12.1 Å². The van der Waals surface area contributed by atoms with Crippen molar-refractivity contribution in [2.45, 2.75) is 25.5 Å². The van der Waals surface area contributed by atoms with Crippen LogP contribution in [0.15, 0.2) is 22.7 Å². The summed E-state index contributed by atoms with van der Waals surface area (Å²) in [6.07, 6.45) is -0.0569. The Morgan fingerprint density at radius 1 is 1.47 bits per heavy atom. The van der Waals surface area contributed by atoms with Gasteiger partial charge in [-0.2, -0.15) is 0 Å². The number of halogens is 2. The number of phenols is 1. The van der Waals surface area contributed by atoms with Crippen LogP contribution in [0.2, 0.25) is 0 Å². The van der Waals surface area contributed by atoms with Crippen LogP contribution in [-0.2, 0) is 0 Å². The van der Waals surface area contributed by atoms with Gasteiger partial charge < -0.3 is 15.9 Å². The van der Waals surface area contributed by atoms with Gasteiger partial charge in [0.2, 0.25) is 0 Å². The van der Waals surface area contributed by atoms with Crippen LogP contribution in [-0.4, -0.2) is 16.3 Å². The van der Waals surface area contributed by atoms with Crippen LogP contribution < -0.4 is 5.73 Å². The number of aliphatic hydroxyl groups is 1. The van der Waals surface area contributed by atoms with Gasteiger partial charge in [-0.25, -0.2) is 0 Å². The molecule has 0 amide bonds. The Kier molecular flexibility index (Phi) is 6.20. The molecule has 0 unspecified atom stereocenters. The van der Waals surface area contributed by atoms with Gasteiger partial charge in [0.25, 0.3) is 0 Å². The molecule has 4 N–H and O–H groups in total. The van der Waals surface area contributed by atoms with Gasteiger partial charge in [-0.15, -0.1) is 12.4 Å². The van der Waals surface area contributed by atoms with Crippen LogP contribution in [0.3, 0.4) is 0 Å². The maximum Gasteiger partial charge on any atom is 0.121 e. The Bertz CT molecular complexity index is 322. The number of nitrogens with two attached hydrogens (primary N) is 1. The minimum Gasteiger partial charge on any atom is -0.508 e. The average molecular weight is 297 g/mol. The summed E-state index contributed by atoms with van der Waals surface area (Å²) in [4.78, 5) is 0. The van der Waals surface area contributed by atoms with Crippen molar-refractivity contribution in [1.29, 1.82) is 0 Å². The smallest absolute Gasteiger partial charge is 0.121 e. The number of rotatable bonds is 3. The van der Waals surface area contributed by atoms with Gasteiger partial charge >= 0.3 is 0 Å². The number of benzene rings is 1. The van der Waals surface area contributed by atoms with E-state index in [0.29, 0.717) is 12.0 Å². The highest BCUT2D eigenvalue weighted by molar-refractivity contribution is 9.10. The fourth-order valence-corrected chi connectivity index (χ4v) is 1.61. The fourth-order valence-electron chi connectivity index (χ4n) is 1.26. The zero-order valence-corrected chi connectivity index (χ0v) is 10.8. The molecule has 86 valence electrons. The van der Waals surface area contributed by atoms with Gasteiger partial charge in [0, 0.05) is 10.0 Å². The fraction of sp³-hybridized carbons (Fsp3) is 0.400. The lowest BCUT2D eigenvalue weighted by molar-refractivity contribution is 0.139. The van der Waals surface area contributed by atoms with E-state index in [9.17, 15) is 10.2 Å². The molecular weight excluding hydrogens is 281 g/mol. The van der Waals surface area contributed by atoms with Gasteiger partial charge in [0.15, 0.2) is 0 Å².